The zero-order valence-electron chi connectivity index (χ0n) is 10.7. The summed E-state index contributed by atoms with van der Waals surface area (Å²) in [4.78, 5) is 0. The summed E-state index contributed by atoms with van der Waals surface area (Å²) >= 11 is 0. The van der Waals surface area contributed by atoms with Crippen LogP contribution in [0.1, 0.15) is 33.6 Å². The van der Waals surface area contributed by atoms with Crippen molar-refractivity contribution in [1.82, 2.24) is 0 Å². The minimum atomic E-state index is -3.41. The van der Waals surface area contributed by atoms with E-state index < -0.39 is 19.8 Å². The maximum absolute atomic E-state index is 12.4. The molecule has 1 aliphatic rings. The molecule has 0 bridgehead atoms. The van der Waals surface area contributed by atoms with Crippen LogP contribution in [0, 0.1) is 5.41 Å². The zero-order chi connectivity index (χ0) is 13.1. The van der Waals surface area contributed by atoms with Crippen molar-refractivity contribution in [3.05, 3.63) is 0 Å². The fourth-order valence-electron chi connectivity index (χ4n) is 1.85. The first-order valence-corrected chi connectivity index (χ1v) is 7.41. The minimum absolute atomic E-state index is 0.175. The fraction of sp³-hybridized carbons (Fsp3) is 0.909. The lowest BCUT2D eigenvalue weighted by Crippen LogP contribution is -2.48. The molecule has 0 aliphatic carbocycles. The van der Waals surface area contributed by atoms with Crippen LogP contribution in [0.5, 0.6) is 0 Å². The maximum atomic E-state index is 12.4. The topological polar surface area (TPSA) is 76.5 Å². The number of ether oxygens (including phenoxy) is 2. The van der Waals surface area contributed by atoms with E-state index in [2.05, 4.69) is 0 Å². The number of nitrogens with one attached hydrogen (secondary N) is 1. The third-order valence-corrected chi connectivity index (χ3v) is 6.11. The van der Waals surface area contributed by atoms with Gasteiger partial charge in [-0.3, -0.25) is 5.41 Å². The average Bonchev–Trinajstić information content (AvgIpc) is 2.30. The van der Waals surface area contributed by atoms with Gasteiger partial charge in [0.05, 0.1) is 11.9 Å². The van der Waals surface area contributed by atoms with E-state index in [1.165, 1.54) is 13.8 Å². The Morgan fingerprint density at radius 3 is 2.41 bits per heavy atom. The van der Waals surface area contributed by atoms with Gasteiger partial charge in [-0.15, -0.1) is 0 Å². The Bertz CT molecular complexity index is 369. The molecular weight excluding hydrogens is 242 g/mol. The Morgan fingerprint density at radius 1 is 1.41 bits per heavy atom. The van der Waals surface area contributed by atoms with Gasteiger partial charge in [0, 0.05) is 13.2 Å². The van der Waals surface area contributed by atoms with Gasteiger partial charge in [-0.2, -0.15) is 0 Å². The molecule has 1 heterocycles. The molecule has 6 heteroatoms. The van der Waals surface area contributed by atoms with Crippen molar-refractivity contribution in [1.29, 1.82) is 5.41 Å². The van der Waals surface area contributed by atoms with Gasteiger partial charge >= 0.3 is 0 Å². The van der Waals surface area contributed by atoms with Gasteiger partial charge in [0.1, 0.15) is 4.75 Å². The fourth-order valence-corrected chi connectivity index (χ4v) is 3.81. The van der Waals surface area contributed by atoms with Crippen LogP contribution in [-0.2, 0) is 19.3 Å². The van der Waals surface area contributed by atoms with Crippen LogP contribution in [0.4, 0.5) is 0 Å². The summed E-state index contributed by atoms with van der Waals surface area (Å²) in [6.45, 7) is 6.08. The third-order valence-electron chi connectivity index (χ3n) is 3.15. The molecule has 1 fully saturated rings. The van der Waals surface area contributed by atoms with Gasteiger partial charge in [0.15, 0.2) is 9.84 Å². The summed E-state index contributed by atoms with van der Waals surface area (Å²) in [5.74, 6) is -0.175. The quantitative estimate of drug-likeness (QED) is 0.614. The molecule has 1 aliphatic heterocycles. The molecule has 1 N–H and O–H groups in total. The highest BCUT2D eigenvalue weighted by Crippen LogP contribution is 2.28. The lowest BCUT2D eigenvalue weighted by molar-refractivity contribution is 0.0980. The Hall–Kier alpha value is -0.620. The largest absolute Gasteiger partial charge is 0.480 e. The van der Waals surface area contributed by atoms with Crippen LogP contribution in [0.25, 0.3) is 0 Å². The van der Waals surface area contributed by atoms with E-state index in [4.69, 9.17) is 14.9 Å². The normalized spacial score (nSPS) is 19.0. The number of hydrogen-bond acceptors (Lipinski definition) is 5. The molecule has 1 rings (SSSR count). The minimum Gasteiger partial charge on any atom is -0.480 e. The summed E-state index contributed by atoms with van der Waals surface area (Å²) in [5.41, 5.74) is 0. The lowest BCUT2D eigenvalue weighted by Gasteiger charge is -2.31. The van der Waals surface area contributed by atoms with Gasteiger partial charge in [0.2, 0.25) is 5.90 Å². The van der Waals surface area contributed by atoms with Gasteiger partial charge in [0.25, 0.3) is 0 Å². The Labute approximate surface area is 103 Å². The van der Waals surface area contributed by atoms with Gasteiger partial charge in [-0.25, -0.2) is 8.42 Å². The molecular formula is C11H21NO4S. The van der Waals surface area contributed by atoms with Gasteiger partial charge < -0.3 is 9.47 Å². The van der Waals surface area contributed by atoms with E-state index >= 15 is 0 Å². The molecule has 1 saturated heterocycles. The molecule has 0 aromatic rings. The second kappa shape index (κ2) is 5.35. The Kier molecular flexibility index (Phi) is 4.55. The SMILES string of the molecule is CCOC(=N)C(C)(C)S(=O)(=O)C1CCOCC1. The van der Waals surface area contributed by atoms with Crippen molar-refractivity contribution in [3.63, 3.8) is 0 Å². The summed E-state index contributed by atoms with van der Waals surface area (Å²) in [5, 5.41) is 7.31. The van der Waals surface area contributed by atoms with Crippen LogP contribution < -0.4 is 0 Å². The molecule has 0 amide bonds. The molecule has 0 spiro atoms. The smallest absolute Gasteiger partial charge is 0.201 e. The second-order valence-electron chi connectivity index (χ2n) is 4.63. The Balaban J connectivity index is 2.90. The standard InChI is InChI=1S/C11H21NO4S/c1-4-16-10(12)11(2,3)17(13,14)9-5-7-15-8-6-9/h9,12H,4-8H2,1-3H3. The van der Waals surface area contributed by atoms with Gasteiger partial charge in [-0.1, -0.05) is 0 Å². The number of rotatable bonds is 4. The first-order chi connectivity index (χ1) is 7.84. The monoisotopic (exact) mass is 263 g/mol. The summed E-state index contributed by atoms with van der Waals surface area (Å²) < 4.78 is 33.9. The Morgan fingerprint density at radius 2 is 1.94 bits per heavy atom. The van der Waals surface area contributed by atoms with Crippen LogP contribution in [-0.4, -0.2) is 44.1 Å². The maximum Gasteiger partial charge on any atom is 0.201 e. The molecule has 0 saturated carbocycles. The predicted molar refractivity (Wildman–Crippen MR) is 66.2 cm³/mol. The van der Waals surface area contributed by atoms with Crippen LogP contribution >= 0.6 is 0 Å². The van der Waals surface area contributed by atoms with Crippen molar-refractivity contribution < 1.29 is 17.9 Å². The molecule has 0 unspecified atom stereocenters. The highest BCUT2D eigenvalue weighted by atomic mass is 32.2. The van der Waals surface area contributed by atoms with Crippen molar-refractivity contribution in [2.75, 3.05) is 19.8 Å². The second-order valence-corrected chi connectivity index (χ2v) is 7.41. The van der Waals surface area contributed by atoms with E-state index in [1.54, 1.807) is 6.92 Å². The van der Waals surface area contributed by atoms with Crippen LogP contribution in [0.2, 0.25) is 0 Å². The van der Waals surface area contributed by atoms with Crippen molar-refractivity contribution in [3.8, 4) is 0 Å². The lowest BCUT2D eigenvalue weighted by atomic mass is 10.2. The van der Waals surface area contributed by atoms with E-state index in [1.807, 2.05) is 0 Å². The number of hydrogen-bond donors (Lipinski definition) is 1. The molecule has 0 radical (unpaired) electrons. The van der Waals surface area contributed by atoms with Crippen molar-refractivity contribution in [2.45, 2.75) is 43.6 Å². The molecule has 0 aromatic heterocycles. The van der Waals surface area contributed by atoms with Gasteiger partial charge in [-0.05, 0) is 33.6 Å². The van der Waals surface area contributed by atoms with Crippen molar-refractivity contribution >= 4 is 15.7 Å². The predicted octanol–water partition coefficient (Wildman–Crippen LogP) is 1.37. The average molecular weight is 263 g/mol. The summed E-state index contributed by atoms with van der Waals surface area (Å²) in [6.07, 6.45) is 1.01. The summed E-state index contributed by atoms with van der Waals surface area (Å²) in [6, 6.07) is 0. The highest BCUT2D eigenvalue weighted by Gasteiger charge is 2.45. The highest BCUT2D eigenvalue weighted by molar-refractivity contribution is 7.94. The van der Waals surface area contributed by atoms with E-state index in [0.717, 1.165) is 0 Å². The molecule has 5 nitrogen and oxygen atoms in total. The zero-order valence-corrected chi connectivity index (χ0v) is 11.5. The molecule has 17 heavy (non-hydrogen) atoms. The third kappa shape index (κ3) is 2.80. The van der Waals surface area contributed by atoms with Crippen molar-refractivity contribution in [2.24, 2.45) is 0 Å². The molecule has 100 valence electrons. The van der Waals surface area contributed by atoms with E-state index in [0.29, 0.717) is 32.7 Å². The molecule has 0 atom stereocenters. The number of sulfone groups is 1. The summed E-state index contributed by atoms with van der Waals surface area (Å²) in [7, 11) is -3.41. The van der Waals surface area contributed by atoms with E-state index in [9.17, 15) is 8.42 Å². The first kappa shape index (κ1) is 14.4. The van der Waals surface area contributed by atoms with Crippen LogP contribution in [0.3, 0.4) is 0 Å². The first-order valence-electron chi connectivity index (χ1n) is 5.87. The van der Waals surface area contributed by atoms with E-state index in [-0.39, 0.29) is 5.90 Å². The molecule has 0 aromatic carbocycles. The van der Waals surface area contributed by atoms with Crippen LogP contribution in [0.15, 0.2) is 0 Å².